The van der Waals surface area contributed by atoms with Crippen molar-refractivity contribution in [3.63, 3.8) is 0 Å². The zero-order valence-electron chi connectivity index (χ0n) is 14.9. The van der Waals surface area contributed by atoms with Crippen molar-refractivity contribution in [1.29, 1.82) is 0 Å². The predicted molar refractivity (Wildman–Crippen MR) is 98.1 cm³/mol. The van der Waals surface area contributed by atoms with Crippen LogP contribution in [0.3, 0.4) is 0 Å². The standard InChI is InChI=1S/C19H19F3N4O/c1-12-11-26(25-17(12)15-5-3-4-6-16(15)27-2)18(23)24-14-9-7-13(8-10-14)19(20,21)22/h3-10,12H,11H2,1-2H3,(H2,23,24). The fourth-order valence-electron chi connectivity index (χ4n) is 2.85. The summed E-state index contributed by atoms with van der Waals surface area (Å²) < 4.78 is 43.3. The van der Waals surface area contributed by atoms with E-state index in [1.165, 1.54) is 12.1 Å². The lowest BCUT2D eigenvalue weighted by atomic mass is 9.99. The summed E-state index contributed by atoms with van der Waals surface area (Å²) in [6.45, 7) is 2.53. The maximum Gasteiger partial charge on any atom is 0.416 e. The van der Waals surface area contributed by atoms with Crippen LogP contribution in [0, 0.1) is 5.92 Å². The number of halogens is 3. The number of alkyl halides is 3. The van der Waals surface area contributed by atoms with Crippen LogP contribution in [0.25, 0.3) is 0 Å². The van der Waals surface area contributed by atoms with Crippen LogP contribution in [0.15, 0.2) is 58.6 Å². The SMILES string of the molecule is COc1ccccc1C1=NN(C(N)=Nc2ccc(C(F)(F)F)cc2)CC1C. The van der Waals surface area contributed by atoms with Crippen LogP contribution in [-0.4, -0.2) is 30.3 Å². The topological polar surface area (TPSA) is 63.2 Å². The highest BCUT2D eigenvalue weighted by Gasteiger charge is 2.30. The Morgan fingerprint density at radius 3 is 2.48 bits per heavy atom. The number of ether oxygens (including phenoxy) is 1. The summed E-state index contributed by atoms with van der Waals surface area (Å²) in [5.74, 6) is 0.914. The number of nitrogens with two attached hydrogens (primary N) is 1. The number of nitrogens with zero attached hydrogens (tertiary/aromatic N) is 3. The van der Waals surface area contributed by atoms with Gasteiger partial charge in [0, 0.05) is 11.5 Å². The molecule has 1 aliphatic heterocycles. The van der Waals surface area contributed by atoms with Crippen molar-refractivity contribution in [2.75, 3.05) is 13.7 Å². The molecule has 2 aromatic carbocycles. The minimum absolute atomic E-state index is 0.0858. The molecule has 3 rings (SSSR count). The van der Waals surface area contributed by atoms with E-state index in [1.54, 1.807) is 12.1 Å². The van der Waals surface area contributed by atoms with E-state index in [4.69, 9.17) is 10.5 Å². The second kappa shape index (κ2) is 7.30. The first kappa shape index (κ1) is 18.8. The van der Waals surface area contributed by atoms with Crippen LogP contribution in [0.1, 0.15) is 18.1 Å². The number of hydrogen-bond acceptors (Lipinski definition) is 3. The Labute approximate surface area is 155 Å². The molecule has 5 nitrogen and oxygen atoms in total. The molecule has 1 aliphatic rings. The molecule has 2 N–H and O–H groups in total. The number of rotatable bonds is 3. The van der Waals surface area contributed by atoms with Crippen molar-refractivity contribution in [2.24, 2.45) is 21.7 Å². The first-order valence-corrected chi connectivity index (χ1v) is 8.30. The Kier molecular flexibility index (Phi) is 5.07. The van der Waals surface area contributed by atoms with Gasteiger partial charge in [0.2, 0.25) is 5.96 Å². The molecule has 0 bridgehead atoms. The zero-order valence-corrected chi connectivity index (χ0v) is 14.9. The highest BCUT2D eigenvalue weighted by Crippen LogP contribution is 2.30. The van der Waals surface area contributed by atoms with Crippen molar-refractivity contribution in [3.05, 3.63) is 59.7 Å². The van der Waals surface area contributed by atoms with Gasteiger partial charge in [0.05, 0.1) is 30.6 Å². The summed E-state index contributed by atoms with van der Waals surface area (Å²) in [5, 5.41) is 6.08. The van der Waals surface area contributed by atoms with Crippen LogP contribution < -0.4 is 10.5 Å². The van der Waals surface area contributed by atoms with Gasteiger partial charge in [0.1, 0.15) is 5.75 Å². The van der Waals surface area contributed by atoms with Gasteiger partial charge < -0.3 is 10.5 Å². The number of hydrazone groups is 1. The van der Waals surface area contributed by atoms with Crippen LogP contribution in [0.2, 0.25) is 0 Å². The third-order valence-corrected chi connectivity index (χ3v) is 4.23. The van der Waals surface area contributed by atoms with Crippen molar-refractivity contribution in [1.82, 2.24) is 5.01 Å². The van der Waals surface area contributed by atoms with E-state index < -0.39 is 11.7 Å². The number of para-hydroxylation sites is 1. The fraction of sp³-hybridized carbons (Fsp3) is 0.263. The highest BCUT2D eigenvalue weighted by atomic mass is 19.4. The molecule has 0 aliphatic carbocycles. The van der Waals surface area contributed by atoms with Gasteiger partial charge >= 0.3 is 6.18 Å². The lowest BCUT2D eigenvalue weighted by molar-refractivity contribution is -0.137. The second-order valence-electron chi connectivity index (χ2n) is 6.18. The van der Waals surface area contributed by atoms with Crippen LogP contribution in [-0.2, 0) is 6.18 Å². The molecule has 1 heterocycles. The third-order valence-electron chi connectivity index (χ3n) is 4.23. The number of aliphatic imine (C=N–C) groups is 1. The molecule has 8 heteroatoms. The molecule has 142 valence electrons. The lowest BCUT2D eigenvalue weighted by Crippen LogP contribution is -2.32. The molecule has 0 spiro atoms. The number of guanidine groups is 1. The zero-order chi connectivity index (χ0) is 19.6. The Morgan fingerprint density at radius 1 is 1.19 bits per heavy atom. The van der Waals surface area contributed by atoms with Crippen molar-refractivity contribution < 1.29 is 17.9 Å². The molecular formula is C19H19F3N4O. The van der Waals surface area contributed by atoms with Gasteiger partial charge in [-0.1, -0.05) is 19.1 Å². The van der Waals surface area contributed by atoms with Crippen LogP contribution in [0.5, 0.6) is 5.75 Å². The normalized spacial score (nSPS) is 17.8. The van der Waals surface area contributed by atoms with E-state index in [1.807, 2.05) is 31.2 Å². The Balaban J connectivity index is 1.84. The van der Waals surface area contributed by atoms with Crippen molar-refractivity contribution in [2.45, 2.75) is 13.1 Å². The van der Waals surface area contributed by atoms with Gasteiger partial charge in [-0.2, -0.15) is 18.3 Å². The summed E-state index contributed by atoms with van der Waals surface area (Å²) in [4.78, 5) is 4.18. The monoisotopic (exact) mass is 376 g/mol. The van der Waals surface area contributed by atoms with Crippen LogP contribution >= 0.6 is 0 Å². The molecular weight excluding hydrogens is 357 g/mol. The van der Waals surface area contributed by atoms with Gasteiger partial charge in [-0.25, -0.2) is 10.0 Å². The summed E-state index contributed by atoms with van der Waals surface area (Å²) in [6.07, 6.45) is -4.38. The summed E-state index contributed by atoms with van der Waals surface area (Å²) in [6, 6.07) is 12.1. The molecule has 0 saturated heterocycles. The van der Waals surface area contributed by atoms with Gasteiger partial charge in [0.25, 0.3) is 0 Å². The molecule has 1 atom stereocenters. The van der Waals surface area contributed by atoms with Crippen molar-refractivity contribution in [3.8, 4) is 5.75 Å². The maximum absolute atomic E-state index is 12.6. The quantitative estimate of drug-likeness (QED) is 0.650. The Hall–Kier alpha value is -3.03. The van der Waals surface area contributed by atoms with Crippen molar-refractivity contribution >= 4 is 17.4 Å². The summed E-state index contributed by atoms with van der Waals surface area (Å²) >= 11 is 0. The summed E-state index contributed by atoms with van der Waals surface area (Å²) in [5.41, 5.74) is 7.31. The van der Waals surface area contributed by atoms with Gasteiger partial charge in [-0.3, -0.25) is 0 Å². The van der Waals surface area contributed by atoms with Crippen LogP contribution in [0.4, 0.5) is 18.9 Å². The van der Waals surface area contributed by atoms with E-state index in [2.05, 4.69) is 10.1 Å². The van der Waals surface area contributed by atoms with E-state index in [9.17, 15) is 13.2 Å². The molecule has 0 aromatic heterocycles. The largest absolute Gasteiger partial charge is 0.496 e. The number of methoxy groups -OCH3 is 1. The first-order chi connectivity index (χ1) is 12.8. The minimum atomic E-state index is -4.38. The molecule has 27 heavy (non-hydrogen) atoms. The molecule has 0 fully saturated rings. The fourth-order valence-corrected chi connectivity index (χ4v) is 2.85. The van der Waals surface area contributed by atoms with Gasteiger partial charge in [0.15, 0.2) is 0 Å². The molecule has 0 amide bonds. The summed E-state index contributed by atoms with van der Waals surface area (Å²) in [7, 11) is 1.59. The van der Waals surface area contributed by atoms with E-state index in [-0.39, 0.29) is 11.9 Å². The molecule has 0 saturated carbocycles. The van der Waals surface area contributed by atoms with Gasteiger partial charge in [-0.15, -0.1) is 0 Å². The van der Waals surface area contributed by atoms with Gasteiger partial charge in [-0.05, 0) is 36.4 Å². The lowest BCUT2D eigenvalue weighted by Gasteiger charge is -2.13. The average molecular weight is 376 g/mol. The number of benzene rings is 2. The molecule has 1 unspecified atom stereocenters. The smallest absolute Gasteiger partial charge is 0.416 e. The predicted octanol–water partition coefficient (Wildman–Crippen LogP) is 4.02. The first-order valence-electron chi connectivity index (χ1n) is 8.30. The number of hydrogen-bond donors (Lipinski definition) is 1. The Bertz CT molecular complexity index is 875. The molecule has 2 aromatic rings. The molecule has 0 radical (unpaired) electrons. The Morgan fingerprint density at radius 2 is 1.85 bits per heavy atom. The highest BCUT2D eigenvalue weighted by molar-refractivity contribution is 6.06. The maximum atomic E-state index is 12.6. The average Bonchev–Trinajstić information content (AvgIpc) is 3.03. The van der Waals surface area contributed by atoms with E-state index in [0.29, 0.717) is 18.0 Å². The van der Waals surface area contributed by atoms with E-state index in [0.717, 1.165) is 23.4 Å². The minimum Gasteiger partial charge on any atom is -0.496 e. The second-order valence-corrected chi connectivity index (χ2v) is 6.18. The van der Waals surface area contributed by atoms with E-state index >= 15 is 0 Å². The third kappa shape index (κ3) is 4.05.